The molecule has 0 aliphatic heterocycles. The number of carboxylic acid groups (broad SMARTS) is 1. The number of hydrogen-bond acceptors (Lipinski definition) is 10. The maximum Gasteiger partial charge on any atom is 0.366 e. The first-order chi connectivity index (χ1) is 23.2. The molecule has 268 valence electrons. The number of sulfone groups is 2. The number of rotatable bonds is 12. The van der Waals surface area contributed by atoms with E-state index in [-0.39, 0.29) is 21.3 Å². The van der Waals surface area contributed by atoms with Crippen molar-refractivity contribution < 1.29 is 41.0 Å². The van der Waals surface area contributed by atoms with Crippen molar-refractivity contribution in [2.45, 2.75) is 107 Å². The number of nitrogens with zero attached hydrogens (tertiary/aromatic N) is 3. The Morgan fingerprint density at radius 2 is 1.30 bits per heavy atom. The zero-order valence-corrected chi connectivity index (χ0v) is 30.7. The molecule has 0 spiro atoms. The van der Waals surface area contributed by atoms with Crippen LogP contribution in [-0.4, -0.2) is 57.6 Å². The maximum absolute atomic E-state index is 14.0. The van der Waals surface area contributed by atoms with Crippen molar-refractivity contribution in [2.24, 2.45) is 0 Å². The summed E-state index contributed by atoms with van der Waals surface area (Å²) in [6, 6.07) is 11.0. The molecule has 12 nitrogen and oxygen atoms in total. The largest absolute Gasteiger partial charge is 0.483 e. The van der Waals surface area contributed by atoms with Crippen molar-refractivity contribution >= 4 is 31.6 Å². The number of nitriles is 2. The first-order valence-corrected chi connectivity index (χ1v) is 19.1. The van der Waals surface area contributed by atoms with Gasteiger partial charge in [0.1, 0.15) is 11.5 Å². The number of carbonyl (C=O) groups excluding carboxylic acids is 1. The van der Waals surface area contributed by atoms with Gasteiger partial charge >= 0.3 is 5.97 Å². The van der Waals surface area contributed by atoms with Gasteiger partial charge < -0.3 is 14.6 Å². The van der Waals surface area contributed by atoms with Crippen molar-refractivity contribution in [3.05, 3.63) is 70.5 Å². The van der Waals surface area contributed by atoms with Crippen LogP contribution in [0.2, 0.25) is 0 Å². The Balaban J connectivity index is 2.04. The zero-order valence-electron chi connectivity index (χ0n) is 29.0. The van der Waals surface area contributed by atoms with Crippen LogP contribution in [0.3, 0.4) is 0 Å². The van der Waals surface area contributed by atoms with Crippen LogP contribution < -0.4 is 9.47 Å². The minimum atomic E-state index is -3.98. The van der Waals surface area contributed by atoms with Crippen LogP contribution in [0.15, 0.2) is 69.2 Å². The molecule has 3 rings (SSSR count). The summed E-state index contributed by atoms with van der Waals surface area (Å²) in [5.74, 6) is -1.81. The fraction of sp³-hybridized carbons (Fsp3) is 0.444. The van der Waals surface area contributed by atoms with Gasteiger partial charge in [-0.25, -0.2) is 21.6 Å². The van der Waals surface area contributed by atoms with Crippen molar-refractivity contribution in [3.63, 3.8) is 0 Å². The topological polar surface area (TPSA) is 192 Å². The highest BCUT2D eigenvalue weighted by atomic mass is 32.2. The molecule has 1 unspecified atom stereocenters. The van der Waals surface area contributed by atoms with E-state index >= 15 is 0 Å². The molecular weight excluding hydrogens is 683 g/mol. The molecule has 0 aromatic heterocycles. The smallest absolute Gasteiger partial charge is 0.366 e. The van der Waals surface area contributed by atoms with Crippen molar-refractivity contribution in [1.29, 1.82) is 10.5 Å². The summed E-state index contributed by atoms with van der Waals surface area (Å²) in [7, 11) is -7.91. The van der Waals surface area contributed by atoms with E-state index in [0.717, 1.165) is 42.2 Å². The van der Waals surface area contributed by atoms with Gasteiger partial charge in [-0.2, -0.15) is 10.5 Å². The highest BCUT2D eigenvalue weighted by Gasteiger charge is 2.39. The van der Waals surface area contributed by atoms with Gasteiger partial charge in [0.2, 0.25) is 19.7 Å². The Morgan fingerprint density at radius 3 is 1.74 bits per heavy atom. The number of benzene rings is 2. The molecule has 1 aliphatic rings. The SMILES string of the molecule is CC(C)(C)c1cc(S(=O)(=O)/C=C/C#N)ccc1OCC(=O)N(C1CCCCC1)C(Oc1ccc(S(=O)(=O)/C=C/C#N)cc1C(C)(C)C)C(=O)O. The predicted molar refractivity (Wildman–Crippen MR) is 185 cm³/mol. The molecule has 2 aromatic carbocycles. The summed E-state index contributed by atoms with van der Waals surface area (Å²) in [5.41, 5.74) is -0.510. The predicted octanol–water partition coefficient (Wildman–Crippen LogP) is 5.93. The normalized spacial score (nSPS) is 15.3. The Morgan fingerprint density at radius 1 is 0.840 bits per heavy atom. The number of ether oxygens (including phenoxy) is 2. The lowest BCUT2D eigenvalue weighted by atomic mass is 9.86. The molecule has 1 saturated carbocycles. The fourth-order valence-electron chi connectivity index (χ4n) is 5.62. The van der Waals surface area contributed by atoms with Gasteiger partial charge in [0, 0.05) is 40.1 Å². The van der Waals surface area contributed by atoms with Gasteiger partial charge in [0.15, 0.2) is 6.61 Å². The molecule has 1 N–H and O–H groups in total. The molecule has 50 heavy (non-hydrogen) atoms. The molecule has 1 aliphatic carbocycles. The lowest BCUT2D eigenvalue weighted by Crippen LogP contribution is -2.55. The lowest BCUT2D eigenvalue weighted by molar-refractivity contribution is -0.167. The second-order valence-electron chi connectivity index (χ2n) is 14.0. The summed E-state index contributed by atoms with van der Waals surface area (Å²) in [5, 5.41) is 29.7. The van der Waals surface area contributed by atoms with E-state index in [1.165, 1.54) is 41.3 Å². The molecule has 1 fully saturated rings. The van der Waals surface area contributed by atoms with E-state index in [1.54, 1.807) is 32.9 Å². The van der Waals surface area contributed by atoms with Crippen LogP contribution in [0, 0.1) is 22.7 Å². The van der Waals surface area contributed by atoms with Crippen LogP contribution in [0.4, 0.5) is 0 Å². The van der Waals surface area contributed by atoms with Gasteiger partial charge in [-0.05, 0) is 60.1 Å². The van der Waals surface area contributed by atoms with Crippen molar-refractivity contribution in [1.82, 2.24) is 4.90 Å². The van der Waals surface area contributed by atoms with E-state index in [4.69, 9.17) is 20.0 Å². The summed E-state index contributed by atoms with van der Waals surface area (Å²) < 4.78 is 63.2. The third-order valence-corrected chi connectivity index (χ3v) is 10.9. The van der Waals surface area contributed by atoms with Crippen LogP contribution in [-0.2, 0) is 40.1 Å². The number of hydrogen-bond donors (Lipinski definition) is 1. The van der Waals surface area contributed by atoms with Gasteiger partial charge in [-0.1, -0.05) is 60.8 Å². The van der Waals surface area contributed by atoms with Crippen LogP contribution in [0.5, 0.6) is 11.5 Å². The third kappa shape index (κ3) is 9.96. The zero-order chi connectivity index (χ0) is 37.5. The van der Waals surface area contributed by atoms with Gasteiger partial charge in [0.05, 0.1) is 21.9 Å². The van der Waals surface area contributed by atoms with E-state index < -0.39 is 61.3 Å². The second-order valence-corrected chi connectivity index (χ2v) is 17.6. The molecule has 0 heterocycles. The number of carboxylic acids is 1. The number of aliphatic carboxylic acids is 1. The van der Waals surface area contributed by atoms with Crippen LogP contribution in [0.25, 0.3) is 0 Å². The first-order valence-electron chi connectivity index (χ1n) is 16.0. The molecule has 2 aromatic rings. The molecule has 14 heteroatoms. The van der Waals surface area contributed by atoms with Crippen LogP contribution >= 0.6 is 0 Å². The molecule has 1 amide bonds. The molecule has 0 saturated heterocycles. The van der Waals surface area contributed by atoms with Crippen LogP contribution in [0.1, 0.15) is 84.8 Å². The van der Waals surface area contributed by atoms with Crippen molar-refractivity contribution in [2.75, 3.05) is 6.61 Å². The average molecular weight is 726 g/mol. The Hall–Kier alpha value is -4.66. The maximum atomic E-state index is 14.0. The Bertz CT molecular complexity index is 1950. The van der Waals surface area contributed by atoms with Gasteiger partial charge in [-0.3, -0.25) is 9.69 Å². The van der Waals surface area contributed by atoms with E-state index in [1.807, 2.05) is 20.8 Å². The minimum Gasteiger partial charge on any atom is -0.483 e. The summed E-state index contributed by atoms with van der Waals surface area (Å²) in [4.78, 5) is 27.9. The van der Waals surface area contributed by atoms with Gasteiger partial charge in [-0.15, -0.1) is 0 Å². The quantitative estimate of drug-likeness (QED) is 0.201. The highest BCUT2D eigenvalue weighted by Crippen LogP contribution is 2.37. The van der Waals surface area contributed by atoms with Crippen molar-refractivity contribution in [3.8, 4) is 23.6 Å². The van der Waals surface area contributed by atoms with E-state index in [2.05, 4.69) is 0 Å². The van der Waals surface area contributed by atoms with E-state index in [9.17, 15) is 31.5 Å². The molecule has 0 radical (unpaired) electrons. The summed E-state index contributed by atoms with van der Waals surface area (Å²) >= 11 is 0. The van der Waals surface area contributed by atoms with Gasteiger partial charge in [0.25, 0.3) is 12.1 Å². The second kappa shape index (κ2) is 15.9. The summed E-state index contributed by atoms with van der Waals surface area (Å²) in [6.45, 7) is 10.3. The average Bonchev–Trinajstić information content (AvgIpc) is 3.04. The number of carbonyl (C=O) groups is 2. The minimum absolute atomic E-state index is 0.0645. The molecular formula is C36H43N3O9S2. The fourth-order valence-corrected chi connectivity index (χ4v) is 7.49. The monoisotopic (exact) mass is 725 g/mol. The first kappa shape index (κ1) is 39.8. The van der Waals surface area contributed by atoms with E-state index in [0.29, 0.717) is 24.0 Å². The highest BCUT2D eigenvalue weighted by molar-refractivity contribution is 7.94. The standard InChI is InChI=1S/C36H43N3O9S2/c1-35(2,3)28-22-26(49(43,44)20-10-18-37)14-16-30(28)47-24-32(40)39(25-12-8-7-9-13-25)33(34(41)42)48-31-17-15-27(23-29(31)36(4,5)6)50(45,46)21-11-19-38/h10-11,14-17,20-23,25,33H,7-9,12-13,24H2,1-6H3,(H,41,42)/b20-10+,21-11+. The Kier molecular flexibility index (Phi) is 12.7. The molecule has 1 atom stereocenters. The third-order valence-electron chi connectivity index (χ3n) is 8.13. The molecule has 0 bridgehead atoms. The number of amides is 1. The summed E-state index contributed by atoms with van der Waals surface area (Å²) in [6.07, 6.45) is 3.44. The Labute approximate surface area is 294 Å². The lowest BCUT2D eigenvalue weighted by Gasteiger charge is -2.38. The number of allylic oxidation sites excluding steroid dienone is 2.